The predicted molar refractivity (Wildman–Crippen MR) is 79.1 cm³/mol. The number of benzene rings is 1. The Bertz CT molecular complexity index is 654. The van der Waals surface area contributed by atoms with E-state index in [2.05, 4.69) is 10.3 Å². The summed E-state index contributed by atoms with van der Waals surface area (Å²) < 4.78 is 5.10. The fourth-order valence-corrected chi connectivity index (χ4v) is 1.87. The van der Waals surface area contributed by atoms with Gasteiger partial charge in [-0.05, 0) is 44.2 Å². The second-order valence-electron chi connectivity index (χ2n) is 4.49. The number of carbonyl (C=O) groups is 1. The molecule has 3 N–H and O–H groups in total. The molecule has 0 spiro atoms. The molecule has 1 heterocycles. The van der Waals surface area contributed by atoms with Crippen molar-refractivity contribution in [1.29, 1.82) is 0 Å². The molecule has 0 aliphatic heterocycles. The number of carbonyl (C=O) groups excluding carboxylic acids is 1. The van der Waals surface area contributed by atoms with E-state index in [-0.39, 0.29) is 5.91 Å². The largest absolute Gasteiger partial charge is 0.497 e. The van der Waals surface area contributed by atoms with Crippen LogP contribution in [0.2, 0.25) is 0 Å². The normalized spacial score (nSPS) is 10.2. The standard InChI is InChI=1S/C15H17N3O2/c1-9-4-7-14(10(2)17-9)18-15(19)12-8-11(20-3)5-6-13(12)16/h4-8H,16H2,1-3H3,(H,18,19). The quantitative estimate of drug-likeness (QED) is 0.841. The molecule has 1 aromatic heterocycles. The minimum absolute atomic E-state index is 0.282. The number of rotatable bonds is 3. The van der Waals surface area contributed by atoms with Gasteiger partial charge in [-0.1, -0.05) is 0 Å². The van der Waals surface area contributed by atoms with Crippen LogP contribution < -0.4 is 15.8 Å². The molecule has 0 aliphatic carbocycles. The van der Waals surface area contributed by atoms with E-state index >= 15 is 0 Å². The Hall–Kier alpha value is -2.56. The summed E-state index contributed by atoms with van der Waals surface area (Å²) >= 11 is 0. The van der Waals surface area contributed by atoms with Gasteiger partial charge in [0.05, 0.1) is 24.1 Å². The number of ether oxygens (including phenoxy) is 1. The zero-order valence-corrected chi connectivity index (χ0v) is 11.7. The van der Waals surface area contributed by atoms with Crippen LogP contribution in [0.4, 0.5) is 11.4 Å². The zero-order chi connectivity index (χ0) is 14.7. The third-order valence-electron chi connectivity index (χ3n) is 2.98. The molecule has 5 heteroatoms. The molecule has 0 radical (unpaired) electrons. The fourth-order valence-electron chi connectivity index (χ4n) is 1.87. The Balaban J connectivity index is 2.28. The SMILES string of the molecule is COc1ccc(N)c(C(=O)Nc2ccc(C)nc2C)c1. The van der Waals surface area contributed by atoms with Crippen molar-refractivity contribution >= 4 is 17.3 Å². The molecule has 0 bridgehead atoms. The summed E-state index contributed by atoms with van der Waals surface area (Å²) in [5, 5.41) is 2.81. The topological polar surface area (TPSA) is 77.2 Å². The van der Waals surface area contributed by atoms with Crippen LogP contribution in [-0.2, 0) is 0 Å². The number of amides is 1. The van der Waals surface area contributed by atoms with E-state index < -0.39 is 0 Å². The van der Waals surface area contributed by atoms with E-state index in [1.165, 1.54) is 0 Å². The first-order valence-corrected chi connectivity index (χ1v) is 6.20. The third-order valence-corrected chi connectivity index (χ3v) is 2.98. The molecular weight excluding hydrogens is 254 g/mol. The van der Waals surface area contributed by atoms with Gasteiger partial charge in [0.25, 0.3) is 5.91 Å². The monoisotopic (exact) mass is 271 g/mol. The van der Waals surface area contributed by atoms with Gasteiger partial charge in [-0.3, -0.25) is 9.78 Å². The lowest BCUT2D eigenvalue weighted by Crippen LogP contribution is -2.15. The molecule has 0 unspecified atom stereocenters. The minimum atomic E-state index is -0.282. The average Bonchev–Trinajstić information content (AvgIpc) is 2.42. The van der Waals surface area contributed by atoms with E-state index in [4.69, 9.17) is 10.5 Å². The first kappa shape index (κ1) is 13.9. The summed E-state index contributed by atoms with van der Waals surface area (Å²) in [4.78, 5) is 16.6. The maximum atomic E-state index is 12.3. The summed E-state index contributed by atoms with van der Waals surface area (Å²) in [7, 11) is 1.54. The molecule has 104 valence electrons. The summed E-state index contributed by atoms with van der Waals surface area (Å²) in [5.74, 6) is 0.304. The number of nitrogens with two attached hydrogens (primary N) is 1. The van der Waals surface area contributed by atoms with Crippen LogP contribution in [0.5, 0.6) is 5.75 Å². The molecular formula is C15H17N3O2. The Labute approximate surface area is 117 Å². The molecule has 0 saturated heterocycles. The molecule has 1 amide bonds. The highest BCUT2D eigenvalue weighted by Crippen LogP contribution is 2.21. The number of hydrogen-bond acceptors (Lipinski definition) is 4. The van der Waals surface area contributed by atoms with Gasteiger partial charge in [0.2, 0.25) is 0 Å². The number of hydrogen-bond donors (Lipinski definition) is 2. The summed E-state index contributed by atoms with van der Waals surface area (Å²) in [6.07, 6.45) is 0. The number of nitrogens with one attached hydrogen (secondary N) is 1. The van der Waals surface area contributed by atoms with Gasteiger partial charge in [0.1, 0.15) is 5.75 Å². The Morgan fingerprint density at radius 2 is 2.00 bits per heavy atom. The lowest BCUT2D eigenvalue weighted by atomic mass is 10.1. The van der Waals surface area contributed by atoms with Crippen molar-refractivity contribution in [3.8, 4) is 5.75 Å². The maximum Gasteiger partial charge on any atom is 0.257 e. The molecule has 1 aromatic carbocycles. The van der Waals surface area contributed by atoms with E-state index in [9.17, 15) is 4.79 Å². The first-order valence-electron chi connectivity index (χ1n) is 6.20. The lowest BCUT2D eigenvalue weighted by Gasteiger charge is -2.11. The first-order chi connectivity index (χ1) is 9.51. The van der Waals surface area contributed by atoms with Crippen LogP contribution in [0.3, 0.4) is 0 Å². The molecule has 0 aliphatic rings. The zero-order valence-electron chi connectivity index (χ0n) is 11.7. The van der Waals surface area contributed by atoms with Gasteiger partial charge in [0.15, 0.2) is 0 Å². The number of aryl methyl sites for hydroxylation is 2. The van der Waals surface area contributed by atoms with Crippen molar-refractivity contribution in [2.75, 3.05) is 18.2 Å². The van der Waals surface area contributed by atoms with Crippen LogP contribution in [0.1, 0.15) is 21.7 Å². The third kappa shape index (κ3) is 2.88. The highest BCUT2D eigenvalue weighted by Gasteiger charge is 2.12. The van der Waals surface area contributed by atoms with Crippen LogP contribution >= 0.6 is 0 Å². The molecule has 2 aromatic rings. The van der Waals surface area contributed by atoms with E-state index in [0.717, 1.165) is 11.4 Å². The average molecular weight is 271 g/mol. The minimum Gasteiger partial charge on any atom is -0.497 e. The highest BCUT2D eigenvalue weighted by atomic mass is 16.5. The number of pyridine rings is 1. The second kappa shape index (κ2) is 5.61. The van der Waals surface area contributed by atoms with Crippen molar-refractivity contribution in [2.24, 2.45) is 0 Å². The van der Waals surface area contributed by atoms with Crippen molar-refractivity contribution in [2.45, 2.75) is 13.8 Å². The molecule has 0 atom stereocenters. The maximum absolute atomic E-state index is 12.3. The van der Waals surface area contributed by atoms with Crippen LogP contribution in [0.25, 0.3) is 0 Å². The molecule has 2 rings (SSSR count). The Kier molecular flexibility index (Phi) is 3.89. The van der Waals surface area contributed by atoms with Gasteiger partial charge < -0.3 is 15.8 Å². The highest BCUT2D eigenvalue weighted by molar-refractivity contribution is 6.08. The van der Waals surface area contributed by atoms with Gasteiger partial charge in [-0.25, -0.2) is 0 Å². The summed E-state index contributed by atoms with van der Waals surface area (Å²) in [6, 6.07) is 8.64. The van der Waals surface area contributed by atoms with Crippen molar-refractivity contribution in [3.63, 3.8) is 0 Å². The van der Waals surface area contributed by atoms with Crippen molar-refractivity contribution in [3.05, 3.63) is 47.3 Å². The fraction of sp³-hybridized carbons (Fsp3) is 0.200. The van der Waals surface area contributed by atoms with E-state index in [1.807, 2.05) is 26.0 Å². The van der Waals surface area contributed by atoms with Crippen molar-refractivity contribution < 1.29 is 9.53 Å². The van der Waals surface area contributed by atoms with Gasteiger partial charge in [0, 0.05) is 11.4 Å². The molecule has 0 saturated carbocycles. The summed E-state index contributed by atoms with van der Waals surface area (Å²) in [6.45, 7) is 3.75. The number of aromatic nitrogens is 1. The van der Waals surface area contributed by atoms with Crippen LogP contribution in [-0.4, -0.2) is 18.0 Å². The van der Waals surface area contributed by atoms with Gasteiger partial charge in [-0.2, -0.15) is 0 Å². The summed E-state index contributed by atoms with van der Waals surface area (Å²) in [5.41, 5.74) is 8.95. The molecule has 0 fully saturated rings. The second-order valence-corrected chi connectivity index (χ2v) is 4.49. The lowest BCUT2D eigenvalue weighted by molar-refractivity contribution is 0.102. The Morgan fingerprint density at radius 1 is 1.25 bits per heavy atom. The van der Waals surface area contributed by atoms with E-state index in [0.29, 0.717) is 22.7 Å². The Morgan fingerprint density at radius 3 is 2.65 bits per heavy atom. The number of nitrogen functional groups attached to an aromatic ring is 1. The number of nitrogens with zero attached hydrogens (tertiary/aromatic N) is 1. The number of anilines is 2. The van der Waals surface area contributed by atoms with Crippen molar-refractivity contribution in [1.82, 2.24) is 4.98 Å². The van der Waals surface area contributed by atoms with Gasteiger partial charge in [-0.15, -0.1) is 0 Å². The predicted octanol–water partition coefficient (Wildman–Crippen LogP) is 2.54. The van der Waals surface area contributed by atoms with E-state index in [1.54, 1.807) is 25.3 Å². The van der Waals surface area contributed by atoms with Crippen LogP contribution in [0.15, 0.2) is 30.3 Å². The smallest absolute Gasteiger partial charge is 0.257 e. The molecule has 20 heavy (non-hydrogen) atoms. The number of methoxy groups -OCH3 is 1. The van der Waals surface area contributed by atoms with Crippen LogP contribution in [0, 0.1) is 13.8 Å². The molecule has 5 nitrogen and oxygen atoms in total. The van der Waals surface area contributed by atoms with Gasteiger partial charge >= 0.3 is 0 Å².